The van der Waals surface area contributed by atoms with E-state index in [1.165, 1.54) is 0 Å². The largest absolute Gasteiger partial charge is 0.376 e. The maximum atomic E-state index is 10.7. The summed E-state index contributed by atoms with van der Waals surface area (Å²) >= 11 is 0. The van der Waals surface area contributed by atoms with E-state index in [1.54, 1.807) is 37.6 Å². The Bertz CT molecular complexity index is 1190. The van der Waals surface area contributed by atoms with Crippen molar-refractivity contribution >= 4 is 23.1 Å². The third-order valence-electron chi connectivity index (χ3n) is 5.06. The van der Waals surface area contributed by atoms with Crippen LogP contribution in [0.5, 0.6) is 0 Å². The molecular weight excluding hydrogens is 410 g/mol. The normalized spacial score (nSPS) is 19.2. The summed E-state index contributed by atoms with van der Waals surface area (Å²) in [7, 11) is 0. The highest BCUT2D eigenvalue weighted by Gasteiger charge is 2.35. The van der Waals surface area contributed by atoms with Crippen molar-refractivity contribution in [3.63, 3.8) is 0 Å². The highest BCUT2D eigenvalue weighted by Crippen LogP contribution is 2.40. The van der Waals surface area contributed by atoms with Gasteiger partial charge in [-0.25, -0.2) is 15.0 Å². The van der Waals surface area contributed by atoms with Crippen LogP contribution in [0.4, 0.5) is 23.1 Å². The average Bonchev–Trinajstić information content (AvgIpc) is 3.13. The summed E-state index contributed by atoms with van der Waals surface area (Å²) in [6.07, 6.45) is 4.23. The number of nitrogens with two attached hydrogens (primary N) is 1. The summed E-state index contributed by atoms with van der Waals surface area (Å²) in [6.45, 7) is 2.65. The molecule has 0 radical (unpaired) electrons. The van der Waals surface area contributed by atoms with Crippen LogP contribution in [0.15, 0.2) is 48.9 Å². The van der Waals surface area contributed by atoms with E-state index < -0.39 is 12.0 Å². The van der Waals surface area contributed by atoms with E-state index >= 15 is 0 Å². The molecule has 0 bridgehead atoms. The van der Waals surface area contributed by atoms with Crippen molar-refractivity contribution in [3.05, 3.63) is 60.3 Å². The van der Waals surface area contributed by atoms with Crippen molar-refractivity contribution in [2.75, 3.05) is 29.2 Å². The van der Waals surface area contributed by atoms with Gasteiger partial charge in [0.1, 0.15) is 11.9 Å². The van der Waals surface area contributed by atoms with Gasteiger partial charge in [-0.1, -0.05) is 11.8 Å². The molecule has 1 aromatic carbocycles. The monoisotopic (exact) mass is 431 g/mol. The van der Waals surface area contributed by atoms with E-state index in [4.69, 9.17) is 15.2 Å². The number of anilines is 4. The molecule has 162 valence electrons. The Morgan fingerprint density at radius 1 is 1.22 bits per heavy atom. The van der Waals surface area contributed by atoms with Crippen molar-refractivity contribution in [1.29, 1.82) is 0 Å². The number of aliphatic hydroxyl groups is 1. The lowest BCUT2D eigenvalue weighted by molar-refractivity contribution is -0.146. The van der Waals surface area contributed by atoms with E-state index in [1.807, 2.05) is 23.1 Å². The Kier molecular flexibility index (Phi) is 5.07. The topological polar surface area (TPSA) is 132 Å². The van der Waals surface area contributed by atoms with Crippen LogP contribution in [0.1, 0.15) is 18.3 Å². The fourth-order valence-corrected chi connectivity index (χ4v) is 3.37. The van der Waals surface area contributed by atoms with Crippen LogP contribution in [-0.4, -0.2) is 50.7 Å². The molecule has 10 nitrogen and oxygen atoms in total. The number of nitrogens with zero attached hydrogens (tertiary/aromatic N) is 5. The van der Waals surface area contributed by atoms with Crippen LogP contribution in [0, 0.1) is 11.8 Å². The summed E-state index contributed by atoms with van der Waals surface area (Å²) in [5, 5.41) is 14.0. The van der Waals surface area contributed by atoms with Crippen molar-refractivity contribution in [2.45, 2.75) is 25.0 Å². The SMILES string of the molecule is CC(O)(C#Cc1ccc2c(c1)N(c1ccnc(N)n1)C(OC1COC1)N2)c1ncccn1. The van der Waals surface area contributed by atoms with Gasteiger partial charge in [-0.3, -0.25) is 4.90 Å². The molecule has 0 amide bonds. The maximum absolute atomic E-state index is 10.7. The smallest absolute Gasteiger partial charge is 0.221 e. The van der Waals surface area contributed by atoms with Gasteiger partial charge in [-0.15, -0.1) is 0 Å². The molecule has 10 heteroatoms. The number of nitrogens with one attached hydrogen (secondary N) is 1. The summed E-state index contributed by atoms with van der Waals surface area (Å²) in [5.74, 6) is 6.87. The molecule has 2 aliphatic rings. The molecule has 4 heterocycles. The van der Waals surface area contributed by atoms with Gasteiger partial charge in [-0.05, 0) is 37.3 Å². The maximum Gasteiger partial charge on any atom is 0.221 e. The van der Waals surface area contributed by atoms with Crippen molar-refractivity contribution in [1.82, 2.24) is 19.9 Å². The van der Waals surface area contributed by atoms with Gasteiger partial charge in [0.05, 0.1) is 24.6 Å². The summed E-state index contributed by atoms with van der Waals surface area (Å²) < 4.78 is 11.4. The van der Waals surface area contributed by atoms with Crippen molar-refractivity contribution < 1.29 is 14.6 Å². The van der Waals surface area contributed by atoms with Gasteiger partial charge in [-0.2, -0.15) is 4.98 Å². The van der Waals surface area contributed by atoms with Crippen molar-refractivity contribution in [3.8, 4) is 11.8 Å². The predicted molar refractivity (Wildman–Crippen MR) is 117 cm³/mol. The van der Waals surface area contributed by atoms with E-state index in [0.717, 1.165) is 11.4 Å². The second kappa shape index (κ2) is 8.05. The Morgan fingerprint density at radius 3 is 2.75 bits per heavy atom. The van der Waals surface area contributed by atoms with Crippen LogP contribution in [-0.2, 0) is 15.1 Å². The minimum atomic E-state index is -1.49. The third-order valence-corrected chi connectivity index (χ3v) is 5.06. The molecule has 2 aliphatic heterocycles. The lowest BCUT2D eigenvalue weighted by Crippen LogP contribution is -2.45. The van der Waals surface area contributed by atoms with Crippen LogP contribution in [0.3, 0.4) is 0 Å². The molecule has 0 aliphatic carbocycles. The van der Waals surface area contributed by atoms with Crippen LogP contribution in [0.25, 0.3) is 0 Å². The molecule has 3 aromatic rings. The van der Waals surface area contributed by atoms with Crippen LogP contribution >= 0.6 is 0 Å². The Balaban J connectivity index is 1.48. The van der Waals surface area contributed by atoms with Gasteiger partial charge >= 0.3 is 0 Å². The first kappa shape index (κ1) is 20.1. The quantitative estimate of drug-likeness (QED) is 0.520. The zero-order valence-corrected chi connectivity index (χ0v) is 17.3. The zero-order chi connectivity index (χ0) is 22.1. The molecule has 5 rings (SSSR count). The molecular formula is C22H21N7O3. The number of hydrogen-bond donors (Lipinski definition) is 3. The van der Waals surface area contributed by atoms with Crippen LogP contribution in [0.2, 0.25) is 0 Å². The lowest BCUT2D eigenvalue weighted by atomic mass is 10.1. The van der Waals surface area contributed by atoms with E-state index in [2.05, 4.69) is 37.1 Å². The summed E-state index contributed by atoms with van der Waals surface area (Å²) in [4.78, 5) is 18.4. The average molecular weight is 431 g/mol. The number of hydrogen-bond acceptors (Lipinski definition) is 10. The number of aromatic nitrogens is 4. The minimum Gasteiger partial charge on any atom is -0.376 e. The lowest BCUT2D eigenvalue weighted by Gasteiger charge is -2.33. The Labute approximate surface area is 184 Å². The number of nitrogen functional groups attached to an aromatic ring is 1. The molecule has 2 aromatic heterocycles. The van der Waals surface area contributed by atoms with Crippen LogP contribution < -0.4 is 16.0 Å². The van der Waals surface area contributed by atoms with E-state index in [9.17, 15) is 5.11 Å². The van der Waals surface area contributed by atoms with Gasteiger partial charge in [0, 0.05) is 24.2 Å². The number of benzene rings is 1. The highest BCUT2D eigenvalue weighted by molar-refractivity contribution is 5.82. The molecule has 1 saturated heterocycles. The molecule has 4 N–H and O–H groups in total. The molecule has 0 saturated carbocycles. The fraction of sp³-hybridized carbons (Fsp3) is 0.273. The number of fused-ring (bicyclic) bond motifs is 1. The Hall–Kier alpha value is -3.78. The molecule has 2 unspecified atom stereocenters. The summed E-state index contributed by atoms with van der Waals surface area (Å²) in [5.41, 5.74) is 6.70. The summed E-state index contributed by atoms with van der Waals surface area (Å²) in [6, 6.07) is 9.11. The number of ether oxygens (including phenoxy) is 2. The first-order chi connectivity index (χ1) is 15.5. The molecule has 1 fully saturated rings. The standard InChI is InChI=1S/C22H21N7O3/c1-22(30,19-24-8-2-9-25-19)7-5-14-3-4-16-17(11-14)29(18-6-10-26-20(23)28-18)21(27-16)32-15-12-31-13-15/h2-4,6,8-11,15,21,27,30H,12-13H2,1H3,(H2,23,26,28). The number of rotatable bonds is 4. The molecule has 32 heavy (non-hydrogen) atoms. The minimum absolute atomic E-state index is 0.0104. The van der Waals surface area contributed by atoms with Gasteiger partial charge in [0.2, 0.25) is 12.3 Å². The van der Waals surface area contributed by atoms with Gasteiger partial charge in [0.15, 0.2) is 11.4 Å². The first-order valence-electron chi connectivity index (χ1n) is 10.0. The molecule has 0 spiro atoms. The molecule has 2 atom stereocenters. The van der Waals surface area contributed by atoms with E-state index in [0.29, 0.717) is 24.6 Å². The first-order valence-corrected chi connectivity index (χ1v) is 10.0. The zero-order valence-electron chi connectivity index (χ0n) is 17.3. The Morgan fingerprint density at radius 2 is 2.03 bits per heavy atom. The van der Waals surface area contributed by atoms with Gasteiger partial charge < -0.3 is 25.6 Å². The predicted octanol–water partition coefficient (Wildman–Crippen LogP) is 1.37. The van der Waals surface area contributed by atoms with E-state index in [-0.39, 0.29) is 17.9 Å². The van der Waals surface area contributed by atoms with Crippen molar-refractivity contribution in [2.24, 2.45) is 0 Å². The second-order valence-electron chi connectivity index (χ2n) is 7.56. The third kappa shape index (κ3) is 3.92. The highest BCUT2D eigenvalue weighted by atomic mass is 16.6. The second-order valence-corrected chi connectivity index (χ2v) is 7.56. The van der Waals surface area contributed by atoms with Gasteiger partial charge in [0.25, 0.3) is 0 Å². The fourth-order valence-electron chi connectivity index (χ4n) is 3.37.